The summed E-state index contributed by atoms with van der Waals surface area (Å²) >= 11 is 0. The van der Waals surface area contributed by atoms with E-state index in [4.69, 9.17) is 0 Å². The van der Waals surface area contributed by atoms with Gasteiger partial charge in [-0.25, -0.2) is 6.29 Å². The maximum Gasteiger partial charge on any atom is 2.00 e. The number of carbonyl (C=O) groups is 1. The predicted octanol–water partition coefficient (Wildman–Crippen LogP) is -0.0542. The summed E-state index contributed by atoms with van der Waals surface area (Å²) in [6.45, 7) is 1.64. The Hall–Kier alpha value is -0.292. The standard InChI is InChI=1S/C15H31N4O2.W/c1-16-10-6-5-9-14(18-3)15(21)19-11-7-4-8-13(12-20)17-2;/h13-14,16-18H,4-11H2,1-3H3,(H,19,21);/q-1;+2. The van der Waals surface area contributed by atoms with Crippen molar-refractivity contribution in [2.75, 3.05) is 34.2 Å². The molecule has 6 nitrogen and oxygen atoms in total. The molecule has 0 aliphatic carbocycles. The van der Waals surface area contributed by atoms with Crippen molar-refractivity contribution in [3.63, 3.8) is 0 Å². The van der Waals surface area contributed by atoms with Gasteiger partial charge in [0.05, 0.1) is 6.04 Å². The Balaban J connectivity index is 0. The Morgan fingerprint density at radius 3 is 2.14 bits per heavy atom. The summed E-state index contributed by atoms with van der Waals surface area (Å²) in [6.07, 6.45) is 7.44. The van der Waals surface area contributed by atoms with E-state index in [1.54, 1.807) is 7.05 Å². The molecule has 0 saturated heterocycles. The van der Waals surface area contributed by atoms with E-state index in [0.717, 1.165) is 45.1 Å². The Morgan fingerprint density at radius 1 is 0.955 bits per heavy atom. The number of likely N-dealkylation sites (N-methyl/N-ethyl adjacent to an activating group) is 2. The van der Waals surface area contributed by atoms with Crippen molar-refractivity contribution in [2.45, 2.75) is 50.6 Å². The van der Waals surface area contributed by atoms with Gasteiger partial charge in [0, 0.05) is 6.54 Å². The number of hydrogen-bond acceptors (Lipinski definition) is 5. The van der Waals surface area contributed by atoms with Crippen LogP contribution in [0.15, 0.2) is 0 Å². The molecular formula is C15H31N4O2W+. The zero-order valence-corrected chi connectivity index (χ0v) is 17.0. The zero-order chi connectivity index (χ0) is 15.9. The molecule has 0 aliphatic heterocycles. The van der Waals surface area contributed by atoms with E-state index in [1.165, 1.54) is 0 Å². The van der Waals surface area contributed by atoms with Crippen molar-refractivity contribution in [2.24, 2.45) is 0 Å². The number of nitrogens with one attached hydrogen (secondary N) is 4. The molecule has 7 heteroatoms. The summed E-state index contributed by atoms with van der Waals surface area (Å²) < 4.78 is 0. The summed E-state index contributed by atoms with van der Waals surface area (Å²) in [5.41, 5.74) is 0. The van der Waals surface area contributed by atoms with E-state index < -0.39 is 0 Å². The first-order chi connectivity index (χ1) is 10.2. The van der Waals surface area contributed by atoms with Crippen molar-refractivity contribution < 1.29 is 30.7 Å². The van der Waals surface area contributed by atoms with Crippen molar-refractivity contribution in [3.05, 3.63) is 0 Å². The minimum Gasteiger partial charge on any atom is -0.540 e. The molecule has 0 saturated carbocycles. The van der Waals surface area contributed by atoms with Crippen LogP contribution in [0.3, 0.4) is 0 Å². The SMILES string of the molecule is CNCCCCC(NC)C(=O)NCCCCC([C-]=O)NC.[W+2]. The van der Waals surface area contributed by atoms with E-state index in [9.17, 15) is 9.59 Å². The number of rotatable bonds is 14. The predicted molar refractivity (Wildman–Crippen MR) is 86.0 cm³/mol. The normalized spacial score (nSPS) is 13.0. The van der Waals surface area contributed by atoms with Gasteiger partial charge >= 0.3 is 21.1 Å². The van der Waals surface area contributed by atoms with Crippen LogP contribution in [0.1, 0.15) is 38.5 Å². The molecule has 0 fully saturated rings. The molecule has 2 unspecified atom stereocenters. The molecule has 0 aromatic heterocycles. The monoisotopic (exact) mass is 483 g/mol. The van der Waals surface area contributed by atoms with E-state index in [1.807, 2.05) is 20.4 Å². The topological polar surface area (TPSA) is 82.3 Å². The maximum atomic E-state index is 12.0. The van der Waals surface area contributed by atoms with Crippen LogP contribution in [-0.4, -0.2) is 58.5 Å². The van der Waals surface area contributed by atoms with Gasteiger partial charge in [0.25, 0.3) is 0 Å². The fourth-order valence-electron chi connectivity index (χ4n) is 2.13. The molecule has 0 aromatic rings. The van der Waals surface area contributed by atoms with Crippen LogP contribution in [0.4, 0.5) is 0 Å². The molecule has 0 spiro atoms. The van der Waals surface area contributed by atoms with Gasteiger partial charge in [0.2, 0.25) is 5.91 Å². The van der Waals surface area contributed by atoms with Crippen molar-refractivity contribution >= 4 is 12.2 Å². The van der Waals surface area contributed by atoms with Gasteiger partial charge in [0.1, 0.15) is 0 Å². The van der Waals surface area contributed by atoms with E-state index in [-0.39, 0.29) is 39.1 Å². The quantitative estimate of drug-likeness (QED) is 0.206. The van der Waals surface area contributed by atoms with Gasteiger partial charge in [-0.05, 0) is 47.0 Å². The van der Waals surface area contributed by atoms with Crippen LogP contribution in [0.5, 0.6) is 0 Å². The zero-order valence-electron chi connectivity index (χ0n) is 14.0. The largest absolute Gasteiger partial charge is 2.00 e. The second-order valence-electron chi connectivity index (χ2n) is 5.19. The third-order valence-corrected chi connectivity index (χ3v) is 3.54. The average molecular weight is 483 g/mol. The smallest absolute Gasteiger partial charge is 0.540 e. The van der Waals surface area contributed by atoms with Crippen LogP contribution >= 0.6 is 0 Å². The van der Waals surface area contributed by atoms with E-state index >= 15 is 0 Å². The van der Waals surface area contributed by atoms with Crippen LogP contribution in [0, 0.1) is 0 Å². The second kappa shape index (κ2) is 17.1. The van der Waals surface area contributed by atoms with Crippen LogP contribution in [0.25, 0.3) is 0 Å². The molecule has 0 bridgehead atoms. The Morgan fingerprint density at radius 2 is 1.59 bits per heavy atom. The van der Waals surface area contributed by atoms with E-state index in [0.29, 0.717) is 6.54 Å². The first-order valence-electron chi connectivity index (χ1n) is 7.84. The summed E-state index contributed by atoms with van der Waals surface area (Å²) in [5.74, 6) is 0.0640. The summed E-state index contributed by atoms with van der Waals surface area (Å²) in [7, 11) is 5.51. The first-order valence-corrected chi connectivity index (χ1v) is 7.84. The number of unbranched alkanes of at least 4 members (excludes halogenated alkanes) is 2. The molecule has 0 radical (unpaired) electrons. The van der Waals surface area contributed by atoms with Crippen LogP contribution in [-0.2, 0) is 30.7 Å². The average Bonchev–Trinajstić information content (AvgIpc) is 2.51. The summed E-state index contributed by atoms with van der Waals surface area (Å²) in [6, 6.07) is -0.312. The molecule has 0 rings (SSSR count). The van der Waals surface area contributed by atoms with Crippen molar-refractivity contribution in [3.8, 4) is 0 Å². The molecule has 22 heavy (non-hydrogen) atoms. The second-order valence-corrected chi connectivity index (χ2v) is 5.19. The van der Waals surface area contributed by atoms with E-state index in [2.05, 4.69) is 21.3 Å². The van der Waals surface area contributed by atoms with Gasteiger partial charge in [-0.15, -0.1) is 0 Å². The maximum absolute atomic E-state index is 12.0. The Kier molecular flexibility index (Phi) is 18.6. The number of amides is 1. The summed E-state index contributed by atoms with van der Waals surface area (Å²) in [5, 5.41) is 12.0. The number of hydrogen-bond donors (Lipinski definition) is 4. The van der Waals surface area contributed by atoms with Crippen molar-refractivity contribution in [1.82, 2.24) is 21.3 Å². The van der Waals surface area contributed by atoms with Gasteiger partial charge in [-0.3, -0.25) is 4.79 Å². The van der Waals surface area contributed by atoms with Gasteiger partial charge in [0.15, 0.2) is 0 Å². The molecular weight excluding hydrogens is 452 g/mol. The van der Waals surface area contributed by atoms with Gasteiger partial charge < -0.3 is 26.1 Å². The van der Waals surface area contributed by atoms with Crippen molar-refractivity contribution in [1.29, 1.82) is 0 Å². The Labute approximate surface area is 149 Å². The fourth-order valence-corrected chi connectivity index (χ4v) is 2.13. The molecule has 128 valence electrons. The first kappa shape index (κ1) is 24.0. The molecule has 0 aromatic carbocycles. The third-order valence-electron chi connectivity index (χ3n) is 3.54. The molecule has 2 atom stereocenters. The third kappa shape index (κ3) is 12.3. The Bertz CT molecular complexity index is 280. The molecule has 0 aliphatic rings. The minimum absolute atomic E-state index is 0. The molecule has 1 amide bonds. The fraction of sp³-hybridized carbons (Fsp3) is 0.867. The molecule has 4 N–H and O–H groups in total. The number of carbonyl (C=O) groups excluding carboxylic acids is 2. The van der Waals surface area contributed by atoms with Crippen LogP contribution < -0.4 is 21.3 Å². The van der Waals surface area contributed by atoms with Gasteiger partial charge in [-0.2, -0.15) is 0 Å². The molecule has 0 heterocycles. The minimum atomic E-state index is -0.196. The van der Waals surface area contributed by atoms with Crippen LogP contribution in [0.2, 0.25) is 0 Å². The summed E-state index contributed by atoms with van der Waals surface area (Å²) in [4.78, 5) is 22.5. The van der Waals surface area contributed by atoms with Gasteiger partial charge in [-0.1, -0.05) is 25.3 Å².